The number of hydrogen-bond donors (Lipinski definition) is 0. The van der Waals surface area contributed by atoms with Crippen LogP contribution in [0.3, 0.4) is 0 Å². The largest absolute Gasteiger partial charge is 0.250 e. The van der Waals surface area contributed by atoms with Crippen molar-refractivity contribution >= 4 is 0 Å². The van der Waals surface area contributed by atoms with Gasteiger partial charge in [-0.3, -0.25) is 4.39 Å². The SMILES string of the molecule is CC(CF)c1cccc(F)c1C#N. The zero-order chi connectivity index (χ0) is 9.84. The van der Waals surface area contributed by atoms with Gasteiger partial charge in [-0.2, -0.15) is 5.26 Å². The van der Waals surface area contributed by atoms with Gasteiger partial charge in [0.1, 0.15) is 11.9 Å². The molecule has 3 heteroatoms. The molecule has 1 unspecified atom stereocenters. The Balaban J connectivity index is 3.22. The molecular formula is C10H9F2N. The highest BCUT2D eigenvalue weighted by Gasteiger charge is 2.13. The van der Waals surface area contributed by atoms with Crippen LogP contribution in [0.25, 0.3) is 0 Å². The van der Waals surface area contributed by atoms with Gasteiger partial charge >= 0.3 is 0 Å². The lowest BCUT2D eigenvalue weighted by Gasteiger charge is -2.08. The Morgan fingerprint density at radius 2 is 2.23 bits per heavy atom. The summed E-state index contributed by atoms with van der Waals surface area (Å²) in [5.41, 5.74) is 0.387. The molecule has 0 aliphatic carbocycles. The third-order valence-corrected chi connectivity index (χ3v) is 1.92. The number of benzene rings is 1. The Bertz CT molecular complexity index is 341. The summed E-state index contributed by atoms with van der Waals surface area (Å²) < 4.78 is 25.3. The molecule has 0 saturated carbocycles. The van der Waals surface area contributed by atoms with Crippen LogP contribution in [0.2, 0.25) is 0 Å². The van der Waals surface area contributed by atoms with Gasteiger partial charge in [-0.05, 0) is 11.6 Å². The zero-order valence-corrected chi connectivity index (χ0v) is 7.22. The van der Waals surface area contributed by atoms with E-state index in [1.807, 2.05) is 0 Å². The van der Waals surface area contributed by atoms with Gasteiger partial charge in [0.25, 0.3) is 0 Å². The Hall–Kier alpha value is -1.43. The molecule has 0 saturated heterocycles. The maximum absolute atomic E-state index is 13.0. The van der Waals surface area contributed by atoms with Crippen molar-refractivity contribution in [3.63, 3.8) is 0 Å². The van der Waals surface area contributed by atoms with Crippen molar-refractivity contribution in [1.82, 2.24) is 0 Å². The van der Waals surface area contributed by atoms with Crippen LogP contribution in [-0.2, 0) is 0 Å². The highest BCUT2D eigenvalue weighted by molar-refractivity contribution is 5.40. The second-order valence-corrected chi connectivity index (χ2v) is 2.87. The van der Waals surface area contributed by atoms with Crippen LogP contribution in [-0.4, -0.2) is 6.67 Å². The van der Waals surface area contributed by atoms with Crippen molar-refractivity contribution in [1.29, 1.82) is 5.26 Å². The molecule has 13 heavy (non-hydrogen) atoms. The molecule has 0 heterocycles. The van der Waals surface area contributed by atoms with Crippen LogP contribution in [0, 0.1) is 17.1 Å². The normalized spacial score (nSPS) is 12.2. The first-order valence-corrected chi connectivity index (χ1v) is 3.95. The maximum atomic E-state index is 13.0. The first kappa shape index (κ1) is 9.66. The summed E-state index contributed by atoms with van der Waals surface area (Å²) >= 11 is 0. The molecule has 0 radical (unpaired) electrons. The summed E-state index contributed by atoms with van der Waals surface area (Å²) in [6, 6.07) is 6.00. The van der Waals surface area contributed by atoms with Crippen LogP contribution in [0.1, 0.15) is 24.0 Å². The second kappa shape index (κ2) is 3.99. The molecule has 0 spiro atoms. The van der Waals surface area contributed by atoms with E-state index in [9.17, 15) is 8.78 Å². The van der Waals surface area contributed by atoms with Crippen molar-refractivity contribution in [2.75, 3.05) is 6.67 Å². The minimum atomic E-state index is -0.585. The van der Waals surface area contributed by atoms with Crippen LogP contribution in [0.5, 0.6) is 0 Å². The second-order valence-electron chi connectivity index (χ2n) is 2.87. The lowest BCUT2D eigenvalue weighted by atomic mass is 9.97. The Morgan fingerprint density at radius 1 is 1.54 bits per heavy atom. The molecule has 0 amide bonds. The Kier molecular flexibility index (Phi) is 2.97. The molecule has 0 fully saturated rings. The third kappa shape index (κ3) is 1.83. The molecule has 1 aromatic rings. The topological polar surface area (TPSA) is 23.8 Å². The van der Waals surface area contributed by atoms with E-state index < -0.39 is 18.4 Å². The summed E-state index contributed by atoms with van der Waals surface area (Å²) in [5, 5.41) is 8.63. The number of halogens is 2. The van der Waals surface area contributed by atoms with Gasteiger partial charge in [0.05, 0.1) is 12.2 Å². The van der Waals surface area contributed by atoms with E-state index >= 15 is 0 Å². The fraction of sp³-hybridized carbons (Fsp3) is 0.300. The van der Waals surface area contributed by atoms with Gasteiger partial charge in [0, 0.05) is 5.92 Å². The minimum Gasteiger partial charge on any atom is -0.250 e. The van der Waals surface area contributed by atoms with E-state index in [1.165, 1.54) is 12.1 Å². The van der Waals surface area contributed by atoms with Crippen LogP contribution >= 0.6 is 0 Å². The Morgan fingerprint density at radius 3 is 2.77 bits per heavy atom. The Labute approximate surface area is 75.6 Å². The molecule has 0 aliphatic rings. The lowest BCUT2D eigenvalue weighted by molar-refractivity contribution is 0.445. The molecule has 68 valence electrons. The van der Waals surface area contributed by atoms with Crippen LogP contribution < -0.4 is 0 Å². The highest BCUT2D eigenvalue weighted by atomic mass is 19.1. The van der Waals surface area contributed by atoms with Gasteiger partial charge in [-0.15, -0.1) is 0 Å². The molecule has 0 aromatic heterocycles. The van der Waals surface area contributed by atoms with Crippen molar-refractivity contribution in [2.45, 2.75) is 12.8 Å². The molecule has 1 rings (SSSR count). The van der Waals surface area contributed by atoms with Gasteiger partial charge in [-0.25, -0.2) is 4.39 Å². The van der Waals surface area contributed by atoms with Crippen molar-refractivity contribution < 1.29 is 8.78 Å². The highest BCUT2D eigenvalue weighted by Crippen LogP contribution is 2.21. The quantitative estimate of drug-likeness (QED) is 0.688. The first-order chi connectivity index (χ1) is 6.20. The van der Waals surface area contributed by atoms with Gasteiger partial charge in [0.15, 0.2) is 0 Å². The molecule has 1 nitrogen and oxygen atoms in total. The van der Waals surface area contributed by atoms with Gasteiger partial charge in [0.2, 0.25) is 0 Å². The smallest absolute Gasteiger partial charge is 0.141 e. The van der Waals surface area contributed by atoms with E-state index in [4.69, 9.17) is 5.26 Å². The molecule has 0 aliphatic heterocycles. The number of hydrogen-bond acceptors (Lipinski definition) is 1. The fourth-order valence-electron chi connectivity index (χ4n) is 1.15. The summed E-state index contributed by atoms with van der Waals surface area (Å²) in [6.07, 6.45) is 0. The number of nitrogens with zero attached hydrogens (tertiary/aromatic N) is 1. The molecular weight excluding hydrogens is 172 g/mol. The first-order valence-electron chi connectivity index (χ1n) is 3.95. The van der Waals surface area contributed by atoms with E-state index in [1.54, 1.807) is 19.1 Å². The van der Waals surface area contributed by atoms with Crippen molar-refractivity contribution in [3.8, 4) is 6.07 Å². The van der Waals surface area contributed by atoms with E-state index in [0.29, 0.717) is 5.56 Å². The van der Waals surface area contributed by atoms with Crippen LogP contribution in [0.4, 0.5) is 8.78 Å². The molecule has 1 aromatic carbocycles. The summed E-state index contributed by atoms with van der Waals surface area (Å²) in [7, 11) is 0. The standard InChI is InChI=1S/C10H9F2N/c1-7(5-11)8-3-2-4-10(12)9(8)6-13/h2-4,7H,5H2,1H3. The number of rotatable bonds is 2. The predicted molar refractivity (Wildman–Crippen MR) is 45.5 cm³/mol. The van der Waals surface area contributed by atoms with Crippen molar-refractivity contribution in [3.05, 3.63) is 35.1 Å². The lowest BCUT2D eigenvalue weighted by Crippen LogP contribution is -2.00. The predicted octanol–water partition coefficient (Wildman–Crippen LogP) is 2.77. The third-order valence-electron chi connectivity index (χ3n) is 1.92. The van der Waals surface area contributed by atoms with Gasteiger partial charge < -0.3 is 0 Å². The summed E-state index contributed by atoms with van der Waals surface area (Å²) in [5.74, 6) is -1.01. The average Bonchev–Trinajstić information content (AvgIpc) is 2.16. The fourth-order valence-corrected chi connectivity index (χ4v) is 1.15. The summed E-state index contributed by atoms with van der Waals surface area (Å²) in [6.45, 7) is 1.04. The van der Waals surface area contributed by atoms with E-state index in [-0.39, 0.29) is 5.56 Å². The minimum absolute atomic E-state index is 0.0485. The summed E-state index contributed by atoms with van der Waals surface area (Å²) in [4.78, 5) is 0. The monoisotopic (exact) mass is 181 g/mol. The van der Waals surface area contributed by atoms with Gasteiger partial charge in [-0.1, -0.05) is 19.1 Å². The molecule has 0 bridgehead atoms. The average molecular weight is 181 g/mol. The van der Waals surface area contributed by atoms with Crippen LogP contribution in [0.15, 0.2) is 18.2 Å². The number of alkyl halides is 1. The zero-order valence-electron chi connectivity index (χ0n) is 7.22. The maximum Gasteiger partial charge on any atom is 0.141 e. The molecule has 1 atom stereocenters. The van der Waals surface area contributed by atoms with Crippen molar-refractivity contribution in [2.24, 2.45) is 0 Å². The van der Waals surface area contributed by atoms with E-state index in [0.717, 1.165) is 0 Å². The molecule has 0 N–H and O–H groups in total. The number of nitriles is 1. The van der Waals surface area contributed by atoms with E-state index in [2.05, 4.69) is 0 Å².